The number of halogens is 1. The van der Waals surface area contributed by atoms with Crippen molar-refractivity contribution < 1.29 is 14.7 Å². The number of phenolic OH excluding ortho intramolecular Hbond substituents is 1. The minimum absolute atomic E-state index is 0.0282. The van der Waals surface area contributed by atoms with Crippen molar-refractivity contribution in [1.29, 1.82) is 0 Å². The van der Waals surface area contributed by atoms with Crippen molar-refractivity contribution in [3.63, 3.8) is 0 Å². The lowest BCUT2D eigenvalue weighted by atomic mass is 10.2. The quantitative estimate of drug-likeness (QED) is 0.699. The third kappa shape index (κ3) is 4.36. The van der Waals surface area contributed by atoms with E-state index in [0.717, 1.165) is 0 Å². The maximum absolute atomic E-state index is 12.3. The zero-order chi connectivity index (χ0) is 18.4. The monoisotopic (exact) mass is 363 g/mol. The lowest BCUT2D eigenvalue weighted by Crippen LogP contribution is -2.42. The highest BCUT2D eigenvalue weighted by atomic mass is 35.5. The zero-order valence-electron chi connectivity index (χ0n) is 13.8. The van der Waals surface area contributed by atoms with E-state index >= 15 is 0 Å². The summed E-state index contributed by atoms with van der Waals surface area (Å²) in [6, 6.07) is 5.97. The van der Waals surface area contributed by atoms with Crippen molar-refractivity contribution in [2.75, 3.05) is 18.0 Å². The number of benzene rings is 1. The van der Waals surface area contributed by atoms with Gasteiger partial charge in [0.25, 0.3) is 11.8 Å². The SMILES string of the molecule is CCN(CC)c1ncc(Cl)c(C(=O)NNC(=O)c2ccccc2O)n1. The summed E-state index contributed by atoms with van der Waals surface area (Å²) in [6.07, 6.45) is 1.34. The first-order valence-electron chi connectivity index (χ1n) is 7.64. The van der Waals surface area contributed by atoms with Crippen LogP contribution in [0, 0.1) is 0 Å². The molecule has 132 valence electrons. The van der Waals surface area contributed by atoms with E-state index < -0.39 is 11.8 Å². The number of para-hydroxylation sites is 1. The van der Waals surface area contributed by atoms with Crippen molar-refractivity contribution in [2.24, 2.45) is 0 Å². The van der Waals surface area contributed by atoms with Gasteiger partial charge >= 0.3 is 0 Å². The molecule has 1 heterocycles. The molecule has 0 saturated heterocycles. The molecule has 0 radical (unpaired) electrons. The van der Waals surface area contributed by atoms with Gasteiger partial charge in [-0.25, -0.2) is 9.97 Å². The van der Waals surface area contributed by atoms with Crippen LogP contribution < -0.4 is 15.8 Å². The van der Waals surface area contributed by atoms with Gasteiger partial charge in [-0.15, -0.1) is 0 Å². The van der Waals surface area contributed by atoms with Crippen LogP contribution in [0.25, 0.3) is 0 Å². The number of carbonyl (C=O) groups excluding carboxylic acids is 2. The Balaban J connectivity index is 2.12. The smallest absolute Gasteiger partial charge is 0.290 e. The van der Waals surface area contributed by atoms with Crippen LogP contribution >= 0.6 is 11.6 Å². The Morgan fingerprint density at radius 2 is 1.80 bits per heavy atom. The van der Waals surface area contributed by atoms with E-state index in [-0.39, 0.29) is 22.0 Å². The van der Waals surface area contributed by atoms with Crippen LogP contribution in [0.5, 0.6) is 5.75 Å². The van der Waals surface area contributed by atoms with Crippen LogP contribution in [0.3, 0.4) is 0 Å². The summed E-state index contributed by atoms with van der Waals surface area (Å²) in [5.41, 5.74) is 4.40. The van der Waals surface area contributed by atoms with Gasteiger partial charge in [-0.1, -0.05) is 23.7 Å². The molecule has 8 nitrogen and oxygen atoms in total. The number of aromatic hydroxyl groups is 1. The summed E-state index contributed by atoms with van der Waals surface area (Å²) in [5.74, 6) is -1.19. The minimum Gasteiger partial charge on any atom is -0.507 e. The van der Waals surface area contributed by atoms with Gasteiger partial charge in [-0.3, -0.25) is 20.4 Å². The number of rotatable bonds is 5. The third-order valence-corrected chi connectivity index (χ3v) is 3.71. The molecule has 2 rings (SSSR count). The Morgan fingerprint density at radius 1 is 1.16 bits per heavy atom. The first-order chi connectivity index (χ1) is 12.0. The van der Waals surface area contributed by atoms with Gasteiger partial charge in [0.15, 0.2) is 5.69 Å². The number of amides is 2. The molecular weight excluding hydrogens is 346 g/mol. The molecule has 0 fully saturated rings. The van der Waals surface area contributed by atoms with E-state index in [1.165, 1.54) is 18.3 Å². The number of nitrogens with zero attached hydrogens (tertiary/aromatic N) is 3. The summed E-state index contributed by atoms with van der Waals surface area (Å²) in [7, 11) is 0. The second-order valence-corrected chi connectivity index (χ2v) is 5.37. The average molecular weight is 364 g/mol. The first-order valence-corrected chi connectivity index (χ1v) is 8.01. The average Bonchev–Trinajstić information content (AvgIpc) is 2.62. The van der Waals surface area contributed by atoms with E-state index in [1.54, 1.807) is 12.1 Å². The van der Waals surface area contributed by atoms with E-state index in [2.05, 4.69) is 20.8 Å². The van der Waals surface area contributed by atoms with Crippen molar-refractivity contribution in [1.82, 2.24) is 20.8 Å². The van der Waals surface area contributed by atoms with Crippen molar-refractivity contribution >= 4 is 29.4 Å². The van der Waals surface area contributed by atoms with Crippen LogP contribution in [0.2, 0.25) is 5.02 Å². The number of anilines is 1. The van der Waals surface area contributed by atoms with Crippen molar-refractivity contribution in [3.8, 4) is 5.75 Å². The zero-order valence-corrected chi connectivity index (χ0v) is 14.5. The van der Waals surface area contributed by atoms with Gasteiger partial charge < -0.3 is 10.0 Å². The number of nitrogens with one attached hydrogen (secondary N) is 2. The molecule has 0 atom stereocenters. The van der Waals surface area contributed by atoms with Crippen molar-refractivity contribution in [3.05, 3.63) is 46.7 Å². The maximum atomic E-state index is 12.3. The molecule has 0 bridgehead atoms. The minimum atomic E-state index is -0.690. The number of hydrazine groups is 1. The lowest BCUT2D eigenvalue weighted by molar-refractivity contribution is 0.0842. The van der Waals surface area contributed by atoms with Crippen LogP contribution in [0.1, 0.15) is 34.7 Å². The molecule has 0 saturated carbocycles. The fraction of sp³-hybridized carbons (Fsp3) is 0.250. The van der Waals surface area contributed by atoms with E-state index in [4.69, 9.17) is 11.6 Å². The summed E-state index contributed by atoms with van der Waals surface area (Å²) in [4.78, 5) is 34.4. The fourth-order valence-corrected chi connectivity index (χ4v) is 2.26. The summed E-state index contributed by atoms with van der Waals surface area (Å²) in [5, 5.41) is 9.70. The Labute approximate surface area is 149 Å². The van der Waals surface area contributed by atoms with Gasteiger partial charge in [-0.2, -0.15) is 0 Å². The van der Waals surface area contributed by atoms with E-state index in [9.17, 15) is 14.7 Å². The lowest BCUT2D eigenvalue weighted by Gasteiger charge is -2.19. The van der Waals surface area contributed by atoms with Crippen LogP contribution in [0.4, 0.5) is 5.95 Å². The summed E-state index contributed by atoms with van der Waals surface area (Å²) in [6.45, 7) is 5.22. The first kappa shape index (κ1) is 18.5. The highest BCUT2D eigenvalue weighted by Gasteiger charge is 2.18. The summed E-state index contributed by atoms with van der Waals surface area (Å²) >= 11 is 5.98. The molecule has 2 aromatic rings. The molecule has 0 unspecified atom stereocenters. The molecule has 0 spiro atoms. The van der Waals surface area contributed by atoms with Crippen LogP contribution in [-0.2, 0) is 0 Å². The van der Waals surface area contributed by atoms with Gasteiger partial charge in [0.1, 0.15) is 5.75 Å². The van der Waals surface area contributed by atoms with E-state index in [1.807, 2.05) is 18.7 Å². The standard InChI is InChI=1S/C16H18ClN5O3/c1-3-22(4-2)16-18-9-11(17)13(19-16)15(25)21-20-14(24)10-7-5-6-8-12(10)23/h5-9,23H,3-4H2,1-2H3,(H,20,24)(H,21,25). The Kier molecular flexibility index (Phi) is 6.13. The molecule has 9 heteroatoms. The maximum Gasteiger partial charge on any atom is 0.290 e. The van der Waals surface area contributed by atoms with Gasteiger partial charge in [-0.05, 0) is 26.0 Å². The normalized spacial score (nSPS) is 10.2. The van der Waals surface area contributed by atoms with Crippen LogP contribution in [0.15, 0.2) is 30.5 Å². The number of hydrogen-bond acceptors (Lipinski definition) is 6. The van der Waals surface area contributed by atoms with Crippen LogP contribution in [-0.4, -0.2) is 40.0 Å². The fourth-order valence-electron chi connectivity index (χ4n) is 2.08. The highest BCUT2D eigenvalue weighted by Crippen LogP contribution is 2.17. The number of carbonyl (C=O) groups is 2. The number of hydrogen-bond donors (Lipinski definition) is 3. The predicted octanol–water partition coefficient (Wildman–Crippen LogP) is 1.76. The largest absolute Gasteiger partial charge is 0.507 e. The number of aromatic nitrogens is 2. The second-order valence-electron chi connectivity index (χ2n) is 4.96. The molecule has 2 amide bonds. The molecule has 25 heavy (non-hydrogen) atoms. The molecule has 1 aromatic heterocycles. The topological polar surface area (TPSA) is 107 Å². The van der Waals surface area contributed by atoms with Gasteiger partial charge in [0.05, 0.1) is 16.8 Å². The van der Waals surface area contributed by atoms with Gasteiger partial charge in [0.2, 0.25) is 5.95 Å². The van der Waals surface area contributed by atoms with E-state index in [0.29, 0.717) is 19.0 Å². The predicted molar refractivity (Wildman–Crippen MR) is 93.6 cm³/mol. The number of phenols is 1. The molecule has 0 aliphatic carbocycles. The molecular formula is C16H18ClN5O3. The molecule has 1 aromatic carbocycles. The summed E-state index contributed by atoms with van der Waals surface area (Å²) < 4.78 is 0. The highest BCUT2D eigenvalue weighted by molar-refractivity contribution is 6.33. The van der Waals surface area contributed by atoms with Crippen molar-refractivity contribution in [2.45, 2.75) is 13.8 Å². The molecule has 0 aliphatic rings. The molecule has 0 aliphatic heterocycles. The second kappa shape index (κ2) is 8.29. The Morgan fingerprint density at radius 3 is 2.44 bits per heavy atom. The Hall–Kier alpha value is -2.87. The Bertz CT molecular complexity index is 780. The van der Waals surface area contributed by atoms with Gasteiger partial charge in [0, 0.05) is 13.1 Å². The molecule has 3 N–H and O–H groups in total. The third-order valence-electron chi connectivity index (χ3n) is 3.43.